The van der Waals surface area contributed by atoms with E-state index in [1.54, 1.807) is 71.3 Å². The van der Waals surface area contributed by atoms with Gasteiger partial charge in [0.25, 0.3) is 11.8 Å². The summed E-state index contributed by atoms with van der Waals surface area (Å²) in [7, 11) is 0. The lowest BCUT2D eigenvalue weighted by atomic mass is 9.94. The Morgan fingerprint density at radius 3 is 1.45 bits per heavy atom. The first-order valence-electron chi connectivity index (χ1n) is 29.6. The van der Waals surface area contributed by atoms with Crippen LogP contribution in [0.5, 0.6) is 23.0 Å². The van der Waals surface area contributed by atoms with E-state index in [-0.39, 0.29) is 84.2 Å². The van der Waals surface area contributed by atoms with Gasteiger partial charge >= 0.3 is 0 Å². The van der Waals surface area contributed by atoms with Gasteiger partial charge in [-0.2, -0.15) is 37.2 Å². The number of hydrogen-bond acceptors (Lipinski definition) is 13. The number of aliphatic imine (C=N–C) groups is 2. The number of imidazole rings is 2. The Morgan fingerprint density at radius 2 is 1.01 bits per heavy atom. The summed E-state index contributed by atoms with van der Waals surface area (Å²) in [6.45, 7) is 18.6. The van der Waals surface area contributed by atoms with Crippen molar-refractivity contribution < 1.29 is 51.9 Å². The molecule has 0 saturated carbocycles. The van der Waals surface area contributed by atoms with Crippen molar-refractivity contribution in [3.8, 4) is 45.5 Å². The number of phenols is 2. The molecule has 10 aromatic rings. The molecule has 0 fully saturated rings. The van der Waals surface area contributed by atoms with Crippen LogP contribution in [0.2, 0.25) is 0 Å². The quantitative estimate of drug-likeness (QED) is 0.0509. The molecule has 2 aliphatic rings. The summed E-state index contributed by atoms with van der Waals surface area (Å²) >= 11 is 0. The number of allylic oxidation sites excluding steroid dienone is 1. The summed E-state index contributed by atoms with van der Waals surface area (Å²) in [4.78, 5) is 44.8. The van der Waals surface area contributed by atoms with Gasteiger partial charge in [-0.3, -0.25) is 19.6 Å². The fraction of sp³-hybridized carbons (Fsp3) is 0.239. The molecule has 2 aliphatic heterocycles. The fourth-order valence-electron chi connectivity index (χ4n) is 11.1. The number of aromatic hydroxyl groups is 2. The standard InChI is InChI=1S/C26H24F2N4O3.C26H22F2N4O2.C19H22N2O2.2H2S/c1-14-23(15-10-16(27)12-17(28)11-15)32-24(30-14)22(26(2,3)34)19(13-29-32)25(33)31-20-8-9-35-21-7-5-4-6-18(20)21;1-14(2)23-20(26(33)31-21-8-9-34-22-7-5-4-6-19(21)22)13-29-32-24(15(3)30-25(23)32)16-10-17(27)12-18(28)11-16;1-19(2,13-20-11-15-7-3-5-9-17(15)22)14-21-12-16-8-4-6-10-18(16)23;;/h4-7,10-13,20,34H,8-9H2,1-3H3,(H,31,33);4-7,10-13,21H,1,8-9H2,2-3H3,(H,31,33);3-12,22-23H,13-14H2,1-2H3;2*1H2/t20-;21-;;;/m00.../s1. The SMILES string of the molecule is C=C(C)c1c(C(=O)N[C@H]2CCOc3ccccc32)cnn2c(-c3cc(F)cc(F)c3)c(C)nc12.CC(C)(CN=Cc1ccccc1O)CN=Cc1ccccc1O.Cc1nc2c(C(C)(C)O)c(C(=O)N[C@H]3CCOc4ccccc43)cnn2c1-c1cc(F)cc(F)c1.S.S. The molecular formula is C71H72F4N10O7S2. The minimum atomic E-state index is -1.47. The Bertz CT molecular complexity index is 4410. The van der Waals surface area contributed by atoms with Crippen LogP contribution < -0.4 is 20.1 Å². The van der Waals surface area contributed by atoms with Gasteiger partial charge in [0.05, 0.1) is 77.2 Å². The van der Waals surface area contributed by atoms with Crippen molar-refractivity contribution in [3.63, 3.8) is 0 Å². The molecule has 5 N–H and O–H groups in total. The van der Waals surface area contributed by atoms with Crippen molar-refractivity contribution in [2.24, 2.45) is 15.4 Å². The van der Waals surface area contributed by atoms with Crippen molar-refractivity contribution in [2.45, 2.75) is 79.0 Å². The number of aryl methyl sites for hydroxylation is 2. The summed E-state index contributed by atoms with van der Waals surface area (Å²) in [6, 6.07) is 35.3. The largest absolute Gasteiger partial charge is 0.507 e. The van der Waals surface area contributed by atoms with Gasteiger partial charge in [0.2, 0.25) is 0 Å². The minimum Gasteiger partial charge on any atom is -0.507 e. The highest BCUT2D eigenvalue weighted by molar-refractivity contribution is 7.59. The number of amides is 2. The number of nitrogens with one attached hydrogen (secondary N) is 2. The van der Waals surface area contributed by atoms with E-state index in [4.69, 9.17) is 9.47 Å². The first-order chi connectivity index (χ1) is 43.9. The lowest BCUT2D eigenvalue weighted by Crippen LogP contribution is -2.34. The first-order valence-corrected chi connectivity index (χ1v) is 29.6. The number of hydrogen-bond donors (Lipinski definition) is 5. The van der Waals surface area contributed by atoms with Gasteiger partial charge in [-0.25, -0.2) is 36.6 Å². The van der Waals surface area contributed by atoms with E-state index >= 15 is 0 Å². The number of aromatic nitrogens is 6. The summed E-state index contributed by atoms with van der Waals surface area (Å²) in [5, 5.41) is 45.3. The maximum absolute atomic E-state index is 13.9. The van der Waals surface area contributed by atoms with E-state index in [1.807, 2.05) is 72.8 Å². The fourth-order valence-corrected chi connectivity index (χ4v) is 11.1. The molecule has 0 aliphatic carbocycles. The molecule has 94 heavy (non-hydrogen) atoms. The first kappa shape index (κ1) is 70.0. The maximum atomic E-state index is 13.9. The third kappa shape index (κ3) is 16.0. The zero-order valence-corrected chi connectivity index (χ0v) is 54.7. The van der Waals surface area contributed by atoms with E-state index < -0.39 is 34.8 Å². The predicted octanol–water partition coefficient (Wildman–Crippen LogP) is 13.6. The number of aliphatic hydroxyl groups is 1. The van der Waals surface area contributed by atoms with Crippen LogP contribution in [0.25, 0.3) is 39.4 Å². The molecule has 0 bridgehead atoms. The third-order valence-corrected chi connectivity index (χ3v) is 15.3. The molecule has 12 rings (SSSR count). The Balaban J connectivity index is 0.000000183. The summed E-state index contributed by atoms with van der Waals surface area (Å²) in [6.07, 6.45) is 7.39. The molecule has 0 radical (unpaired) electrons. The molecule has 2 amide bonds. The van der Waals surface area contributed by atoms with Crippen molar-refractivity contribution in [1.82, 2.24) is 39.8 Å². The second-order valence-electron chi connectivity index (χ2n) is 23.7. The molecule has 0 saturated heterocycles. The van der Waals surface area contributed by atoms with Crippen molar-refractivity contribution >= 4 is 68.1 Å². The Labute approximate surface area is 554 Å². The van der Waals surface area contributed by atoms with Gasteiger partial charge in [0, 0.05) is 100 Å². The highest BCUT2D eigenvalue weighted by atomic mass is 32.1. The number of para-hydroxylation sites is 4. The smallest absolute Gasteiger partial charge is 0.254 e. The third-order valence-electron chi connectivity index (χ3n) is 15.3. The molecule has 488 valence electrons. The molecule has 0 spiro atoms. The van der Waals surface area contributed by atoms with Crippen LogP contribution in [0.4, 0.5) is 17.6 Å². The van der Waals surface area contributed by atoms with Gasteiger partial charge in [-0.05, 0) is 101 Å². The van der Waals surface area contributed by atoms with Crippen molar-refractivity contribution in [2.75, 3.05) is 26.3 Å². The molecule has 4 aromatic heterocycles. The number of rotatable bonds is 14. The molecule has 6 aromatic carbocycles. The van der Waals surface area contributed by atoms with Crippen LogP contribution in [0.1, 0.15) is 125 Å². The highest BCUT2D eigenvalue weighted by Crippen LogP contribution is 2.37. The average molecular weight is 1320 g/mol. The van der Waals surface area contributed by atoms with E-state index in [9.17, 15) is 42.5 Å². The number of carbonyl (C=O) groups excluding carboxylic acids is 2. The van der Waals surface area contributed by atoms with E-state index in [1.165, 1.54) is 45.7 Å². The van der Waals surface area contributed by atoms with Crippen molar-refractivity contribution in [3.05, 3.63) is 232 Å². The number of phenolic OH excluding ortho intramolecular Hbond substituents is 2. The Hall–Kier alpha value is -9.84. The molecular weight excluding hydrogens is 1240 g/mol. The summed E-state index contributed by atoms with van der Waals surface area (Å²) < 4.78 is 69.9. The van der Waals surface area contributed by atoms with Crippen LogP contribution in [0.3, 0.4) is 0 Å². The molecule has 2 atom stereocenters. The zero-order chi connectivity index (χ0) is 65.6. The van der Waals surface area contributed by atoms with Gasteiger partial charge in [0.1, 0.15) is 46.3 Å². The van der Waals surface area contributed by atoms with Crippen LogP contribution in [0, 0.1) is 42.5 Å². The van der Waals surface area contributed by atoms with Crippen molar-refractivity contribution in [1.29, 1.82) is 0 Å². The predicted molar refractivity (Wildman–Crippen MR) is 365 cm³/mol. The number of nitrogens with zero attached hydrogens (tertiary/aromatic N) is 8. The molecule has 17 nitrogen and oxygen atoms in total. The van der Waals surface area contributed by atoms with Crippen LogP contribution in [-0.4, -0.2) is 95.1 Å². The molecule has 0 unspecified atom stereocenters. The van der Waals surface area contributed by atoms with Crippen LogP contribution in [-0.2, 0) is 5.60 Å². The van der Waals surface area contributed by atoms with Gasteiger partial charge < -0.3 is 35.4 Å². The van der Waals surface area contributed by atoms with E-state index in [2.05, 4.69) is 61.2 Å². The number of benzene rings is 6. The van der Waals surface area contributed by atoms with E-state index in [0.29, 0.717) is 101 Å². The van der Waals surface area contributed by atoms with Gasteiger partial charge in [-0.15, -0.1) is 0 Å². The average Bonchev–Trinajstić information content (AvgIpc) is 1.56. The molecule has 23 heteroatoms. The topological polar surface area (TPSA) is 222 Å². The monoisotopic (exact) mass is 1320 g/mol. The lowest BCUT2D eigenvalue weighted by molar-refractivity contribution is 0.0747. The van der Waals surface area contributed by atoms with Gasteiger partial charge in [0.15, 0.2) is 11.3 Å². The maximum Gasteiger partial charge on any atom is 0.254 e. The van der Waals surface area contributed by atoms with Crippen LogP contribution in [0.15, 0.2) is 162 Å². The second-order valence-corrected chi connectivity index (χ2v) is 23.7. The normalized spacial score (nSPS) is 14.2. The molecule has 6 heterocycles. The minimum absolute atomic E-state index is 0. The van der Waals surface area contributed by atoms with Gasteiger partial charge in [-0.1, -0.05) is 81.1 Å². The summed E-state index contributed by atoms with van der Waals surface area (Å²) in [5.41, 5.74) is 6.49. The number of carbonyl (C=O) groups is 2. The highest BCUT2D eigenvalue weighted by Gasteiger charge is 2.33. The second kappa shape index (κ2) is 29.8. The van der Waals surface area contributed by atoms with E-state index in [0.717, 1.165) is 34.8 Å². The Kier molecular flexibility index (Phi) is 22.2. The number of halogens is 4. The number of fused-ring (bicyclic) bond motifs is 4. The van der Waals surface area contributed by atoms with Crippen LogP contribution >= 0.6 is 27.0 Å². The Morgan fingerprint density at radius 1 is 0.617 bits per heavy atom. The number of ether oxygens (including phenoxy) is 2. The summed E-state index contributed by atoms with van der Waals surface area (Å²) in [5.74, 6) is -1.66. The lowest BCUT2D eigenvalue weighted by Gasteiger charge is -2.28. The zero-order valence-electron chi connectivity index (χ0n) is 52.7.